The second-order valence-electron chi connectivity index (χ2n) is 5.89. The number of carbonyl (C=O) groups excluding carboxylic acids is 1. The van der Waals surface area contributed by atoms with Gasteiger partial charge in [0.1, 0.15) is 17.5 Å². The number of nitrogens with zero attached hydrogens (tertiary/aromatic N) is 2. The number of hydrogen-bond donors (Lipinski definition) is 2. The predicted octanol–water partition coefficient (Wildman–Crippen LogP) is 2.17. The van der Waals surface area contributed by atoms with Crippen molar-refractivity contribution >= 4 is 17.4 Å². The highest BCUT2D eigenvalue weighted by Crippen LogP contribution is 2.19. The number of rotatable bonds is 6. The first kappa shape index (κ1) is 18.2. The van der Waals surface area contributed by atoms with Crippen LogP contribution in [0.15, 0.2) is 36.5 Å². The molecule has 0 radical (unpaired) electrons. The van der Waals surface area contributed by atoms with E-state index in [0.717, 1.165) is 45.0 Å². The Morgan fingerprint density at radius 1 is 1.19 bits per heavy atom. The summed E-state index contributed by atoms with van der Waals surface area (Å²) in [6, 6.07) is 6.40. The summed E-state index contributed by atoms with van der Waals surface area (Å²) in [5, 5.41) is 5.60. The summed E-state index contributed by atoms with van der Waals surface area (Å²) in [4.78, 5) is 18.5. The van der Waals surface area contributed by atoms with Crippen LogP contribution in [0.1, 0.15) is 10.4 Å². The SMILES string of the molecule is O=C(NCCN1CCOCC1)c1ccc(Nc2ccc(F)cc2F)nc1. The maximum Gasteiger partial charge on any atom is 0.252 e. The predicted molar refractivity (Wildman–Crippen MR) is 93.5 cm³/mol. The highest BCUT2D eigenvalue weighted by molar-refractivity contribution is 5.94. The second kappa shape index (κ2) is 8.68. The van der Waals surface area contributed by atoms with E-state index in [9.17, 15) is 13.6 Å². The Hall–Kier alpha value is -2.58. The van der Waals surface area contributed by atoms with E-state index in [2.05, 4.69) is 20.5 Å². The van der Waals surface area contributed by atoms with Crippen molar-refractivity contribution in [3.05, 3.63) is 53.7 Å². The van der Waals surface area contributed by atoms with Crippen molar-refractivity contribution in [3.63, 3.8) is 0 Å². The number of nitrogens with one attached hydrogen (secondary N) is 2. The van der Waals surface area contributed by atoms with Crippen LogP contribution in [-0.2, 0) is 4.74 Å². The molecule has 0 unspecified atom stereocenters. The lowest BCUT2D eigenvalue weighted by Gasteiger charge is -2.26. The van der Waals surface area contributed by atoms with Crippen molar-refractivity contribution in [2.24, 2.45) is 0 Å². The van der Waals surface area contributed by atoms with Crippen molar-refractivity contribution < 1.29 is 18.3 Å². The monoisotopic (exact) mass is 362 g/mol. The van der Waals surface area contributed by atoms with Gasteiger partial charge < -0.3 is 15.4 Å². The molecule has 1 aliphatic heterocycles. The first-order valence-corrected chi connectivity index (χ1v) is 8.38. The van der Waals surface area contributed by atoms with Crippen molar-refractivity contribution in [2.75, 3.05) is 44.7 Å². The minimum atomic E-state index is -0.711. The molecule has 0 atom stereocenters. The van der Waals surface area contributed by atoms with Crippen LogP contribution in [0, 0.1) is 11.6 Å². The number of pyridine rings is 1. The van der Waals surface area contributed by atoms with Crippen LogP contribution in [0.3, 0.4) is 0 Å². The van der Waals surface area contributed by atoms with Crippen LogP contribution in [-0.4, -0.2) is 55.2 Å². The van der Waals surface area contributed by atoms with Gasteiger partial charge in [-0.05, 0) is 24.3 Å². The number of anilines is 2. The van der Waals surface area contributed by atoms with Crippen LogP contribution >= 0.6 is 0 Å². The fourth-order valence-corrected chi connectivity index (χ4v) is 2.59. The Bertz CT molecular complexity index is 749. The Morgan fingerprint density at radius 3 is 2.69 bits per heavy atom. The van der Waals surface area contributed by atoms with Gasteiger partial charge in [-0.15, -0.1) is 0 Å². The van der Waals surface area contributed by atoms with Gasteiger partial charge in [0.2, 0.25) is 0 Å². The molecule has 0 bridgehead atoms. The number of ether oxygens (including phenoxy) is 1. The van der Waals surface area contributed by atoms with E-state index >= 15 is 0 Å². The van der Waals surface area contributed by atoms with E-state index in [0.29, 0.717) is 17.9 Å². The summed E-state index contributed by atoms with van der Waals surface area (Å²) in [7, 11) is 0. The van der Waals surface area contributed by atoms with E-state index in [1.54, 1.807) is 12.1 Å². The van der Waals surface area contributed by atoms with Gasteiger partial charge in [-0.25, -0.2) is 13.8 Å². The molecule has 0 spiro atoms. The fraction of sp³-hybridized carbons (Fsp3) is 0.333. The molecule has 3 rings (SSSR count). The Labute approximate surface area is 150 Å². The van der Waals surface area contributed by atoms with Crippen molar-refractivity contribution in [1.82, 2.24) is 15.2 Å². The third kappa shape index (κ3) is 4.96. The molecule has 1 aliphatic rings. The van der Waals surface area contributed by atoms with Gasteiger partial charge in [0.05, 0.1) is 24.5 Å². The molecule has 2 heterocycles. The zero-order chi connectivity index (χ0) is 18.4. The first-order valence-electron chi connectivity index (χ1n) is 8.38. The molecule has 1 saturated heterocycles. The van der Waals surface area contributed by atoms with Crippen LogP contribution in [0.2, 0.25) is 0 Å². The molecule has 1 amide bonds. The Kier molecular flexibility index (Phi) is 6.08. The highest BCUT2D eigenvalue weighted by atomic mass is 19.1. The van der Waals surface area contributed by atoms with Crippen LogP contribution in [0.5, 0.6) is 0 Å². The van der Waals surface area contributed by atoms with Crippen LogP contribution in [0.25, 0.3) is 0 Å². The number of aromatic nitrogens is 1. The van der Waals surface area contributed by atoms with Gasteiger partial charge in [-0.1, -0.05) is 0 Å². The summed E-state index contributed by atoms with van der Waals surface area (Å²) in [5.41, 5.74) is 0.527. The molecule has 2 N–H and O–H groups in total. The van der Waals surface area contributed by atoms with Crippen molar-refractivity contribution in [2.45, 2.75) is 0 Å². The number of hydrogen-bond acceptors (Lipinski definition) is 5. The summed E-state index contributed by atoms with van der Waals surface area (Å²) in [5.74, 6) is -1.22. The second-order valence-corrected chi connectivity index (χ2v) is 5.89. The summed E-state index contributed by atoms with van der Waals surface area (Å²) in [6.45, 7) is 4.50. The quantitative estimate of drug-likeness (QED) is 0.824. The Morgan fingerprint density at radius 2 is 2.00 bits per heavy atom. The molecule has 6 nitrogen and oxygen atoms in total. The summed E-state index contributed by atoms with van der Waals surface area (Å²) in [6.07, 6.45) is 1.41. The standard InChI is InChI=1S/C18H20F2N4O2/c19-14-2-3-16(15(20)11-14)23-17-4-1-13(12-22-17)18(25)21-5-6-24-7-9-26-10-8-24/h1-4,11-12H,5-10H2,(H,21,25)(H,22,23). The zero-order valence-electron chi connectivity index (χ0n) is 14.2. The maximum atomic E-state index is 13.6. The van der Waals surface area contributed by atoms with Gasteiger partial charge in [-0.3, -0.25) is 9.69 Å². The van der Waals surface area contributed by atoms with E-state index in [4.69, 9.17) is 4.74 Å². The van der Waals surface area contributed by atoms with Crippen LogP contribution in [0.4, 0.5) is 20.3 Å². The van der Waals surface area contributed by atoms with Gasteiger partial charge in [0, 0.05) is 38.4 Å². The third-order valence-corrected chi connectivity index (χ3v) is 4.04. The lowest BCUT2D eigenvalue weighted by Crippen LogP contribution is -2.41. The summed E-state index contributed by atoms with van der Waals surface area (Å²) >= 11 is 0. The van der Waals surface area contributed by atoms with E-state index in [1.165, 1.54) is 12.3 Å². The van der Waals surface area contributed by atoms with Crippen LogP contribution < -0.4 is 10.6 Å². The minimum Gasteiger partial charge on any atom is -0.379 e. The third-order valence-electron chi connectivity index (χ3n) is 4.04. The molecular formula is C18H20F2N4O2. The molecule has 26 heavy (non-hydrogen) atoms. The lowest BCUT2D eigenvalue weighted by atomic mass is 10.2. The van der Waals surface area contributed by atoms with E-state index < -0.39 is 11.6 Å². The van der Waals surface area contributed by atoms with Gasteiger partial charge in [-0.2, -0.15) is 0 Å². The van der Waals surface area contributed by atoms with Crippen molar-refractivity contribution in [3.8, 4) is 0 Å². The molecule has 1 fully saturated rings. The maximum absolute atomic E-state index is 13.6. The highest BCUT2D eigenvalue weighted by Gasteiger charge is 2.11. The smallest absolute Gasteiger partial charge is 0.252 e. The number of benzene rings is 1. The Balaban J connectivity index is 1.50. The van der Waals surface area contributed by atoms with Crippen molar-refractivity contribution in [1.29, 1.82) is 0 Å². The zero-order valence-corrected chi connectivity index (χ0v) is 14.2. The topological polar surface area (TPSA) is 66.5 Å². The van der Waals surface area contributed by atoms with E-state index in [1.807, 2.05) is 0 Å². The molecule has 138 valence electrons. The molecule has 8 heteroatoms. The van der Waals surface area contributed by atoms with Gasteiger partial charge >= 0.3 is 0 Å². The molecule has 1 aromatic carbocycles. The average molecular weight is 362 g/mol. The first-order chi connectivity index (χ1) is 12.6. The number of amides is 1. The molecule has 1 aromatic heterocycles. The molecule has 2 aromatic rings. The van der Waals surface area contributed by atoms with Gasteiger partial charge in [0.25, 0.3) is 5.91 Å². The van der Waals surface area contributed by atoms with E-state index in [-0.39, 0.29) is 11.6 Å². The number of carbonyl (C=O) groups is 1. The minimum absolute atomic E-state index is 0.113. The largest absolute Gasteiger partial charge is 0.379 e. The summed E-state index contributed by atoms with van der Waals surface area (Å²) < 4.78 is 31.8. The van der Waals surface area contributed by atoms with Gasteiger partial charge in [0.15, 0.2) is 0 Å². The normalized spacial score (nSPS) is 14.8. The number of morpholine rings is 1. The number of halogens is 2. The molecule has 0 saturated carbocycles. The average Bonchev–Trinajstić information content (AvgIpc) is 2.65. The fourth-order valence-electron chi connectivity index (χ4n) is 2.59. The molecular weight excluding hydrogens is 342 g/mol. The molecule has 0 aliphatic carbocycles. The lowest BCUT2D eigenvalue weighted by molar-refractivity contribution is 0.0383.